The number of aliphatic imine (C=N–C) groups is 1. The SMILES string of the molecule is CC(C)C1C=C(C(=O)O)C2=C(CC1)NC(Cl)N=C2Cl. The minimum absolute atomic E-state index is 0.173. The maximum atomic E-state index is 11.5. The number of allylic oxidation sites excluding steroid dienone is 2. The van der Waals surface area contributed by atoms with Crippen molar-refractivity contribution in [3.8, 4) is 0 Å². The quantitative estimate of drug-likeness (QED) is 0.609. The van der Waals surface area contributed by atoms with Crippen LogP contribution in [-0.2, 0) is 4.79 Å². The van der Waals surface area contributed by atoms with E-state index in [1.54, 1.807) is 6.08 Å². The van der Waals surface area contributed by atoms with Gasteiger partial charge in [-0.15, -0.1) is 0 Å². The van der Waals surface area contributed by atoms with E-state index in [0.29, 0.717) is 11.5 Å². The summed E-state index contributed by atoms with van der Waals surface area (Å²) in [5.74, 6) is -0.404. The molecule has 2 atom stereocenters. The van der Waals surface area contributed by atoms with Crippen molar-refractivity contribution in [1.29, 1.82) is 0 Å². The fourth-order valence-electron chi connectivity index (χ4n) is 2.40. The first-order valence-corrected chi connectivity index (χ1v) is 7.04. The molecule has 0 aromatic heterocycles. The Bertz CT molecular complexity index is 495. The topological polar surface area (TPSA) is 61.7 Å². The first kappa shape index (κ1) is 14.4. The zero-order valence-corrected chi connectivity index (χ0v) is 12.3. The predicted octanol–water partition coefficient (Wildman–Crippen LogP) is 3.08. The molecule has 0 amide bonds. The number of halogens is 2. The molecule has 6 heteroatoms. The summed E-state index contributed by atoms with van der Waals surface area (Å²) in [6.45, 7) is 4.16. The van der Waals surface area contributed by atoms with Gasteiger partial charge in [-0.1, -0.05) is 43.1 Å². The molecule has 1 aliphatic carbocycles. The van der Waals surface area contributed by atoms with Crippen molar-refractivity contribution < 1.29 is 9.90 Å². The van der Waals surface area contributed by atoms with E-state index in [0.717, 1.165) is 18.5 Å². The van der Waals surface area contributed by atoms with Crippen molar-refractivity contribution in [2.24, 2.45) is 16.8 Å². The zero-order chi connectivity index (χ0) is 14.2. The molecule has 4 nitrogen and oxygen atoms in total. The van der Waals surface area contributed by atoms with Crippen LogP contribution in [0.15, 0.2) is 27.9 Å². The number of hydrogen-bond acceptors (Lipinski definition) is 3. The molecule has 0 fully saturated rings. The van der Waals surface area contributed by atoms with Gasteiger partial charge in [0.2, 0.25) is 0 Å². The molecule has 2 aliphatic rings. The van der Waals surface area contributed by atoms with Gasteiger partial charge in [0.15, 0.2) is 5.62 Å². The van der Waals surface area contributed by atoms with Crippen LogP contribution in [0.3, 0.4) is 0 Å². The molecule has 1 aliphatic heterocycles. The number of hydrogen-bond donors (Lipinski definition) is 2. The third-order valence-electron chi connectivity index (χ3n) is 3.49. The van der Waals surface area contributed by atoms with E-state index in [1.165, 1.54) is 0 Å². The molecule has 104 valence electrons. The van der Waals surface area contributed by atoms with Crippen LogP contribution in [0.2, 0.25) is 0 Å². The average molecular weight is 303 g/mol. The molecule has 0 aromatic carbocycles. The normalized spacial score (nSPS) is 27.2. The van der Waals surface area contributed by atoms with E-state index in [1.807, 2.05) is 0 Å². The van der Waals surface area contributed by atoms with Crippen molar-refractivity contribution in [3.05, 3.63) is 22.9 Å². The third kappa shape index (κ3) is 2.95. The van der Waals surface area contributed by atoms with Crippen LogP contribution in [-0.4, -0.2) is 21.9 Å². The van der Waals surface area contributed by atoms with E-state index < -0.39 is 11.6 Å². The summed E-state index contributed by atoms with van der Waals surface area (Å²) < 4.78 is 0. The van der Waals surface area contributed by atoms with E-state index in [2.05, 4.69) is 24.2 Å². The van der Waals surface area contributed by atoms with E-state index in [4.69, 9.17) is 23.2 Å². The first-order chi connectivity index (χ1) is 8.90. The Hall–Kier alpha value is -1.00. The highest BCUT2D eigenvalue weighted by molar-refractivity contribution is 6.71. The third-order valence-corrected chi connectivity index (χ3v) is 3.99. The molecule has 2 rings (SSSR count). The monoisotopic (exact) mass is 302 g/mol. The Balaban J connectivity index is 2.48. The lowest BCUT2D eigenvalue weighted by Crippen LogP contribution is -2.30. The lowest BCUT2D eigenvalue weighted by Gasteiger charge is -2.22. The Kier molecular flexibility index (Phi) is 4.21. The highest BCUT2D eigenvalue weighted by Gasteiger charge is 2.30. The van der Waals surface area contributed by atoms with Gasteiger partial charge in [-0.2, -0.15) is 0 Å². The number of alkyl halides is 1. The molecule has 0 saturated carbocycles. The highest BCUT2D eigenvalue weighted by Crippen LogP contribution is 2.34. The summed E-state index contributed by atoms with van der Waals surface area (Å²) >= 11 is 12.0. The molecule has 1 heterocycles. The van der Waals surface area contributed by atoms with Crippen LogP contribution in [0.25, 0.3) is 0 Å². The number of nitrogens with zero attached hydrogens (tertiary/aromatic N) is 1. The zero-order valence-electron chi connectivity index (χ0n) is 10.8. The molecule has 0 bridgehead atoms. The number of carbonyl (C=O) groups is 1. The predicted molar refractivity (Wildman–Crippen MR) is 76.4 cm³/mol. The fraction of sp³-hybridized carbons (Fsp3) is 0.538. The Morgan fingerprint density at radius 3 is 2.84 bits per heavy atom. The molecule has 2 N–H and O–H groups in total. The summed E-state index contributed by atoms with van der Waals surface area (Å²) in [5.41, 5.74) is 0.846. The van der Waals surface area contributed by atoms with E-state index in [-0.39, 0.29) is 16.7 Å². The minimum atomic E-state index is -0.983. The van der Waals surface area contributed by atoms with E-state index in [9.17, 15) is 9.90 Å². The number of aliphatic carboxylic acids is 1. The standard InChI is InChI=1S/C13H16Cl2N2O2/c1-6(2)7-3-4-9-10(8(5-7)12(18)19)11(14)17-13(15)16-9/h5-7,13,16H,3-4H2,1-2H3,(H,18,19). The first-order valence-electron chi connectivity index (χ1n) is 6.23. The number of carboxylic acids is 1. The smallest absolute Gasteiger partial charge is 0.336 e. The van der Waals surface area contributed by atoms with Gasteiger partial charge in [0.1, 0.15) is 5.17 Å². The van der Waals surface area contributed by atoms with Gasteiger partial charge in [-0.05, 0) is 24.7 Å². The molecular weight excluding hydrogens is 287 g/mol. The number of nitrogens with one attached hydrogen (secondary N) is 1. The second-order valence-electron chi connectivity index (χ2n) is 5.09. The molecule has 0 spiro atoms. The molecule has 0 aromatic rings. The van der Waals surface area contributed by atoms with Crippen molar-refractivity contribution in [2.75, 3.05) is 0 Å². The Morgan fingerprint density at radius 2 is 2.26 bits per heavy atom. The van der Waals surface area contributed by atoms with Crippen LogP contribution in [0.5, 0.6) is 0 Å². The van der Waals surface area contributed by atoms with Gasteiger partial charge >= 0.3 is 5.97 Å². The molecule has 0 radical (unpaired) electrons. The maximum Gasteiger partial charge on any atom is 0.336 e. The van der Waals surface area contributed by atoms with Crippen LogP contribution in [0, 0.1) is 11.8 Å². The lowest BCUT2D eigenvalue weighted by molar-refractivity contribution is -0.132. The second-order valence-corrected chi connectivity index (χ2v) is 5.86. The molecular formula is C13H16Cl2N2O2. The van der Waals surface area contributed by atoms with Gasteiger partial charge < -0.3 is 10.4 Å². The second kappa shape index (κ2) is 5.55. The average Bonchev–Trinajstić information content (AvgIpc) is 2.48. The van der Waals surface area contributed by atoms with Gasteiger partial charge in [0, 0.05) is 11.3 Å². The molecule has 2 unspecified atom stereocenters. The largest absolute Gasteiger partial charge is 0.478 e. The van der Waals surface area contributed by atoms with Gasteiger partial charge in [-0.3, -0.25) is 0 Å². The number of carboxylic acid groups (broad SMARTS) is 1. The summed E-state index contributed by atoms with van der Waals surface area (Å²) in [5, 5.41) is 12.6. The summed E-state index contributed by atoms with van der Waals surface area (Å²) in [6.07, 6.45) is 3.39. The molecule has 0 saturated heterocycles. The van der Waals surface area contributed by atoms with Gasteiger partial charge in [0.05, 0.1) is 5.57 Å². The van der Waals surface area contributed by atoms with Gasteiger partial charge in [-0.25, -0.2) is 9.79 Å². The van der Waals surface area contributed by atoms with Crippen LogP contribution in [0.4, 0.5) is 0 Å². The highest BCUT2D eigenvalue weighted by atomic mass is 35.5. The number of rotatable bonds is 2. The van der Waals surface area contributed by atoms with Crippen molar-refractivity contribution in [3.63, 3.8) is 0 Å². The van der Waals surface area contributed by atoms with Crippen LogP contribution >= 0.6 is 23.2 Å². The van der Waals surface area contributed by atoms with Crippen molar-refractivity contribution in [1.82, 2.24) is 5.32 Å². The Labute approximate surface area is 122 Å². The molecule has 19 heavy (non-hydrogen) atoms. The Morgan fingerprint density at radius 1 is 1.58 bits per heavy atom. The van der Waals surface area contributed by atoms with Crippen LogP contribution in [0.1, 0.15) is 26.7 Å². The van der Waals surface area contributed by atoms with Crippen molar-refractivity contribution in [2.45, 2.75) is 32.3 Å². The maximum absolute atomic E-state index is 11.5. The van der Waals surface area contributed by atoms with Gasteiger partial charge in [0.25, 0.3) is 0 Å². The lowest BCUT2D eigenvalue weighted by atomic mass is 9.90. The van der Waals surface area contributed by atoms with Crippen molar-refractivity contribution >= 4 is 34.3 Å². The van der Waals surface area contributed by atoms with Crippen LogP contribution < -0.4 is 5.32 Å². The van der Waals surface area contributed by atoms with E-state index >= 15 is 0 Å². The minimum Gasteiger partial charge on any atom is -0.478 e. The summed E-state index contributed by atoms with van der Waals surface area (Å²) in [4.78, 5) is 15.5. The summed E-state index contributed by atoms with van der Waals surface area (Å²) in [6, 6.07) is 0. The fourth-order valence-corrected chi connectivity index (χ4v) is 3.00. The summed E-state index contributed by atoms with van der Waals surface area (Å²) in [7, 11) is 0.